The predicted octanol–water partition coefficient (Wildman–Crippen LogP) is 8.00. The van der Waals surface area contributed by atoms with Gasteiger partial charge in [0.1, 0.15) is 11.2 Å². The van der Waals surface area contributed by atoms with E-state index in [4.69, 9.17) is 4.42 Å². The SMILES string of the molecule is c1ccc(-c2cccc(Cc3cc4ccccc4c4c3oc3ccccc34)c2)cc1. The fraction of sp³-hybridized carbons (Fsp3) is 0.0345. The molecular formula is C29H20O. The molecule has 0 unspecified atom stereocenters. The van der Waals surface area contributed by atoms with E-state index in [1.54, 1.807) is 0 Å². The second-order valence-electron chi connectivity index (χ2n) is 7.80. The first kappa shape index (κ1) is 17.1. The molecule has 1 heterocycles. The quantitative estimate of drug-likeness (QED) is 0.301. The van der Waals surface area contributed by atoms with E-state index >= 15 is 0 Å². The highest BCUT2D eigenvalue weighted by atomic mass is 16.3. The summed E-state index contributed by atoms with van der Waals surface area (Å²) in [5.74, 6) is 0. The highest BCUT2D eigenvalue weighted by Crippen LogP contribution is 2.37. The van der Waals surface area contributed by atoms with E-state index in [1.807, 2.05) is 6.07 Å². The lowest BCUT2D eigenvalue weighted by molar-refractivity contribution is 0.664. The van der Waals surface area contributed by atoms with Gasteiger partial charge in [0.05, 0.1) is 0 Å². The Morgan fingerprint density at radius 1 is 0.567 bits per heavy atom. The average molecular weight is 384 g/mol. The lowest BCUT2D eigenvalue weighted by Gasteiger charge is -2.09. The zero-order valence-corrected chi connectivity index (χ0v) is 16.5. The molecule has 0 aliphatic heterocycles. The summed E-state index contributed by atoms with van der Waals surface area (Å²) in [4.78, 5) is 0. The summed E-state index contributed by atoms with van der Waals surface area (Å²) in [7, 11) is 0. The third-order valence-corrected chi connectivity index (χ3v) is 5.88. The fourth-order valence-electron chi connectivity index (χ4n) is 4.49. The number of hydrogen-bond acceptors (Lipinski definition) is 1. The maximum atomic E-state index is 6.38. The molecule has 6 aromatic rings. The molecule has 142 valence electrons. The van der Waals surface area contributed by atoms with Crippen LogP contribution in [0.25, 0.3) is 43.8 Å². The summed E-state index contributed by atoms with van der Waals surface area (Å²) in [5.41, 5.74) is 6.95. The summed E-state index contributed by atoms with van der Waals surface area (Å²) in [6.07, 6.45) is 0.835. The molecule has 0 spiro atoms. The maximum absolute atomic E-state index is 6.38. The molecule has 5 aromatic carbocycles. The molecule has 1 nitrogen and oxygen atoms in total. The minimum Gasteiger partial charge on any atom is -0.456 e. The van der Waals surface area contributed by atoms with Crippen molar-refractivity contribution in [1.82, 2.24) is 0 Å². The number of rotatable bonds is 3. The number of fused-ring (bicyclic) bond motifs is 5. The summed E-state index contributed by atoms with van der Waals surface area (Å²) in [5, 5.41) is 4.91. The van der Waals surface area contributed by atoms with E-state index in [-0.39, 0.29) is 0 Å². The van der Waals surface area contributed by atoms with Crippen LogP contribution in [-0.2, 0) is 6.42 Å². The topological polar surface area (TPSA) is 13.1 Å². The zero-order valence-electron chi connectivity index (χ0n) is 16.5. The normalized spacial score (nSPS) is 11.5. The second kappa shape index (κ2) is 6.89. The third-order valence-electron chi connectivity index (χ3n) is 5.88. The molecule has 1 heteroatoms. The van der Waals surface area contributed by atoms with Crippen molar-refractivity contribution in [2.75, 3.05) is 0 Å². The zero-order chi connectivity index (χ0) is 19.9. The van der Waals surface area contributed by atoms with Crippen LogP contribution in [0.4, 0.5) is 0 Å². The van der Waals surface area contributed by atoms with E-state index in [2.05, 4.69) is 103 Å². The van der Waals surface area contributed by atoms with Crippen LogP contribution in [0, 0.1) is 0 Å². The Hall–Kier alpha value is -3.84. The van der Waals surface area contributed by atoms with Crippen molar-refractivity contribution in [3.8, 4) is 11.1 Å². The van der Waals surface area contributed by atoms with Crippen LogP contribution in [-0.4, -0.2) is 0 Å². The van der Waals surface area contributed by atoms with Gasteiger partial charge in [-0.25, -0.2) is 0 Å². The van der Waals surface area contributed by atoms with Gasteiger partial charge in [-0.1, -0.05) is 97.1 Å². The first-order valence-corrected chi connectivity index (χ1v) is 10.3. The van der Waals surface area contributed by atoms with Crippen molar-refractivity contribution >= 4 is 32.7 Å². The van der Waals surface area contributed by atoms with E-state index < -0.39 is 0 Å². The van der Waals surface area contributed by atoms with Crippen molar-refractivity contribution in [3.05, 3.63) is 120 Å². The Kier molecular flexibility index (Phi) is 3.92. The van der Waals surface area contributed by atoms with Crippen molar-refractivity contribution in [2.45, 2.75) is 6.42 Å². The van der Waals surface area contributed by atoms with Crippen LogP contribution in [0.2, 0.25) is 0 Å². The van der Waals surface area contributed by atoms with Gasteiger partial charge >= 0.3 is 0 Å². The van der Waals surface area contributed by atoms with Gasteiger partial charge in [-0.3, -0.25) is 0 Å². The van der Waals surface area contributed by atoms with Gasteiger partial charge < -0.3 is 4.42 Å². The molecular weight excluding hydrogens is 364 g/mol. The Morgan fingerprint density at radius 3 is 2.20 bits per heavy atom. The summed E-state index contributed by atoms with van der Waals surface area (Å²) in [6.45, 7) is 0. The van der Waals surface area contributed by atoms with Gasteiger partial charge in [0.15, 0.2) is 0 Å². The van der Waals surface area contributed by atoms with Crippen LogP contribution in [0.15, 0.2) is 114 Å². The van der Waals surface area contributed by atoms with Crippen molar-refractivity contribution < 1.29 is 4.42 Å². The first-order chi connectivity index (χ1) is 14.9. The molecule has 0 saturated carbocycles. The minimum absolute atomic E-state index is 0.835. The van der Waals surface area contributed by atoms with E-state index in [0.29, 0.717) is 0 Å². The van der Waals surface area contributed by atoms with Gasteiger partial charge in [0.2, 0.25) is 0 Å². The van der Waals surface area contributed by atoms with Crippen molar-refractivity contribution in [3.63, 3.8) is 0 Å². The minimum atomic E-state index is 0.835. The van der Waals surface area contributed by atoms with Gasteiger partial charge in [-0.2, -0.15) is 0 Å². The molecule has 0 amide bonds. The maximum Gasteiger partial charge on any atom is 0.139 e. The lowest BCUT2D eigenvalue weighted by atomic mass is 9.95. The second-order valence-corrected chi connectivity index (χ2v) is 7.80. The van der Waals surface area contributed by atoms with Crippen LogP contribution in [0.3, 0.4) is 0 Å². The Bertz CT molecular complexity index is 1510. The smallest absolute Gasteiger partial charge is 0.139 e. The van der Waals surface area contributed by atoms with E-state index in [0.717, 1.165) is 17.6 Å². The molecule has 0 N–H and O–H groups in total. The van der Waals surface area contributed by atoms with Crippen LogP contribution < -0.4 is 0 Å². The monoisotopic (exact) mass is 384 g/mol. The molecule has 6 rings (SSSR count). The van der Waals surface area contributed by atoms with Crippen molar-refractivity contribution in [2.24, 2.45) is 0 Å². The molecule has 30 heavy (non-hydrogen) atoms. The predicted molar refractivity (Wildman–Crippen MR) is 126 cm³/mol. The Labute approximate surface area is 175 Å². The molecule has 0 bridgehead atoms. The molecule has 0 aliphatic carbocycles. The first-order valence-electron chi connectivity index (χ1n) is 10.3. The van der Waals surface area contributed by atoms with Crippen LogP contribution in [0.1, 0.15) is 11.1 Å². The van der Waals surface area contributed by atoms with Gasteiger partial charge in [-0.05, 0) is 39.6 Å². The third kappa shape index (κ3) is 2.79. The number of benzene rings is 5. The highest BCUT2D eigenvalue weighted by Gasteiger charge is 2.15. The van der Waals surface area contributed by atoms with Gasteiger partial charge in [-0.15, -0.1) is 0 Å². The van der Waals surface area contributed by atoms with Gasteiger partial charge in [0, 0.05) is 22.8 Å². The number of furan rings is 1. The highest BCUT2D eigenvalue weighted by molar-refractivity contribution is 6.19. The largest absolute Gasteiger partial charge is 0.456 e. The van der Waals surface area contributed by atoms with Crippen LogP contribution in [0.5, 0.6) is 0 Å². The van der Waals surface area contributed by atoms with E-state index in [9.17, 15) is 0 Å². The molecule has 0 fully saturated rings. The standard InChI is InChI=1S/C29H20O/c1-2-10-21(11-3-1)22-13-8-9-20(17-22)18-24-19-23-12-4-5-14-25(23)28-26-15-6-7-16-27(26)30-29(24)28/h1-17,19H,18H2. The fourth-order valence-corrected chi connectivity index (χ4v) is 4.49. The van der Waals surface area contributed by atoms with Crippen LogP contribution >= 0.6 is 0 Å². The Morgan fingerprint density at radius 2 is 1.30 bits per heavy atom. The summed E-state index contributed by atoms with van der Waals surface area (Å²) >= 11 is 0. The number of para-hydroxylation sites is 1. The van der Waals surface area contributed by atoms with Crippen molar-refractivity contribution in [1.29, 1.82) is 0 Å². The molecule has 0 saturated heterocycles. The Balaban J connectivity index is 1.55. The summed E-state index contributed by atoms with van der Waals surface area (Å²) < 4.78 is 6.38. The summed E-state index contributed by atoms with van der Waals surface area (Å²) in [6, 6.07) is 38.6. The molecule has 1 aromatic heterocycles. The molecule has 0 aliphatic rings. The molecule has 0 radical (unpaired) electrons. The lowest BCUT2D eigenvalue weighted by Crippen LogP contribution is -1.91. The average Bonchev–Trinajstić information content (AvgIpc) is 3.20. The molecule has 0 atom stereocenters. The van der Waals surface area contributed by atoms with Gasteiger partial charge in [0.25, 0.3) is 0 Å². The number of hydrogen-bond donors (Lipinski definition) is 0. The van der Waals surface area contributed by atoms with E-state index in [1.165, 1.54) is 43.8 Å².